The molecule has 0 saturated carbocycles. The van der Waals surface area contributed by atoms with Crippen molar-refractivity contribution in [1.82, 2.24) is 9.47 Å². The number of carbonyl (C=O) groups is 1. The molecule has 0 spiro atoms. The van der Waals surface area contributed by atoms with Crippen molar-refractivity contribution in [3.63, 3.8) is 0 Å². The van der Waals surface area contributed by atoms with Crippen LogP contribution in [0.2, 0.25) is 0 Å². The number of carbonyl (C=O) groups excluding carboxylic acids is 1. The molecule has 0 aliphatic carbocycles. The molecule has 27 heavy (non-hydrogen) atoms. The molecule has 1 aromatic heterocycles. The number of hydrogen-bond acceptors (Lipinski definition) is 3. The van der Waals surface area contributed by atoms with E-state index in [1.54, 1.807) is 14.2 Å². The molecule has 0 bridgehead atoms. The molecule has 4 rings (SSSR count). The van der Waals surface area contributed by atoms with Gasteiger partial charge in [0, 0.05) is 36.7 Å². The Balaban J connectivity index is 1.54. The number of hydrogen-bond donors (Lipinski definition) is 0. The summed E-state index contributed by atoms with van der Waals surface area (Å²) in [6, 6.07) is 15.7. The summed E-state index contributed by atoms with van der Waals surface area (Å²) < 4.78 is 12.8. The number of amides is 1. The van der Waals surface area contributed by atoms with Crippen molar-refractivity contribution in [2.45, 2.75) is 13.0 Å². The SMILES string of the molecule is COc1cc2c(cc1OC)CN(C(=O)c1ccc(-n3cccc3)cc1)CC2. The molecule has 0 N–H and O–H groups in total. The lowest BCUT2D eigenvalue weighted by atomic mass is 9.98. The molecule has 1 aliphatic rings. The maximum Gasteiger partial charge on any atom is 0.254 e. The van der Waals surface area contributed by atoms with E-state index < -0.39 is 0 Å². The first kappa shape index (κ1) is 17.2. The van der Waals surface area contributed by atoms with Crippen molar-refractivity contribution in [3.05, 3.63) is 77.6 Å². The van der Waals surface area contributed by atoms with E-state index in [9.17, 15) is 4.79 Å². The molecule has 0 saturated heterocycles. The Hall–Kier alpha value is -3.21. The number of fused-ring (bicyclic) bond motifs is 1. The summed E-state index contributed by atoms with van der Waals surface area (Å²) in [4.78, 5) is 14.8. The molecule has 2 heterocycles. The van der Waals surface area contributed by atoms with Gasteiger partial charge in [-0.15, -0.1) is 0 Å². The van der Waals surface area contributed by atoms with Gasteiger partial charge in [0.05, 0.1) is 14.2 Å². The Morgan fingerprint density at radius 2 is 1.56 bits per heavy atom. The normalized spacial score (nSPS) is 13.2. The number of aromatic nitrogens is 1. The van der Waals surface area contributed by atoms with Gasteiger partial charge >= 0.3 is 0 Å². The van der Waals surface area contributed by atoms with Crippen molar-refractivity contribution >= 4 is 5.91 Å². The quantitative estimate of drug-likeness (QED) is 0.711. The van der Waals surface area contributed by atoms with E-state index in [2.05, 4.69) is 0 Å². The summed E-state index contributed by atoms with van der Waals surface area (Å²) in [6.45, 7) is 1.27. The molecule has 2 aromatic carbocycles. The van der Waals surface area contributed by atoms with Crippen LogP contribution in [-0.2, 0) is 13.0 Å². The van der Waals surface area contributed by atoms with Crippen molar-refractivity contribution < 1.29 is 14.3 Å². The summed E-state index contributed by atoms with van der Waals surface area (Å²) in [7, 11) is 3.27. The summed E-state index contributed by atoms with van der Waals surface area (Å²) in [5.41, 5.74) is 4.06. The van der Waals surface area contributed by atoms with Crippen LogP contribution in [0, 0.1) is 0 Å². The van der Waals surface area contributed by atoms with E-state index in [1.165, 1.54) is 5.56 Å². The van der Waals surface area contributed by atoms with E-state index in [4.69, 9.17) is 9.47 Å². The molecule has 138 valence electrons. The first-order valence-electron chi connectivity index (χ1n) is 8.96. The van der Waals surface area contributed by atoms with E-state index in [-0.39, 0.29) is 5.91 Å². The third kappa shape index (κ3) is 3.28. The zero-order chi connectivity index (χ0) is 18.8. The van der Waals surface area contributed by atoms with Gasteiger partial charge in [0.15, 0.2) is 11.5 Å². The van der Waals surface area contributed by atoms with Crippen LogP contribution in [-0.4, -0.2) is 36.1 Å². The summed E-state index contributed by atoms with van der Waals surface area (Å²) >= 11 is 0. The van der Waals surface area contributed by atoms with E-state index in [0.29, 0.717) is 24.4 Å². The number of methoxy groups -OCH3 is 2. The lowest BCUT2D eigenvalue weighted by Gasteiger charge is -2.29. The summed E-state index contributed by atoms with van der Waals surface area (Å²) in [5, 5.41) is 0. The molecule has 0 atom stereocenters. The average molecular weight is 362 g/mol. The zero-order valence-electron chi connectivity index (χ0n) is 15.5. The van der Waals surface area contributed by atoms with Gasteiger partial charge < -0.3 is 18.9 Å². The Kier molecular flexibility index (Phi) is 4.59. The van der Waals surface area contributed by atoms with Gasteiger partial charge in [-0.2, -0.15) is 0 Å². The second-order valence-corrected chi connectivity index (χ2v) is 6.59. The fourth-order valence-electron chi connectivity index (χ4n) is 3.52. The Labute approximate surface area is 158 Å². The monoisotopic (exact) mass is 362 g/mol. The highest BCUT2D eigenvalue weighted by Gasteiger charge is 2.23. The highest BCUT2D eigenvalue weighted by molar-refractivity contribution is 5.94. The summed E-state index contributed by atoms with van der Waals surface area (Å²) in [6.07, 6.45) is 4.78. The van der Waals surface area contributed by atoms with Gasteiger partial charge in [-0.3, -0.25) is 4.79 Å². The fourth-order valence-corrected chi connectivity index (χ4v) is 3.52. The molecular weight excluding hydrogens is 340 g/mol. The maximum atomic E-state index is 12.9. The van der Waals surface area contributed by atoms with Crippen LogP contribution in [0.1, 0.15) is 21.5 Å². The second kappa shape index (κ2) is 7.19. The smallest absolute Gasteiger partial charge is 0.254 e. The maximum absolute atomic E-state index is 12.9. The first-order valence-corrected chi connectivity index (χ1v) is 8.96. The van der Waals surface area contributed by atoms with Crippen molar-refractivity contribution in [2.24, 2.45) is 0 Å². The topological polar surface area (TPSA) is 43.7 Å². The number of benzene rings is 2. The summed E-state index contributed by atoms with van der Waals surface area (Å²) in [5.74, 6) is 1.48. The van der Waals surface area contributed by atoms with Crippen molar-refractivity contribution in [2.75, 3.05) is 20.8 Å². The third-order valence-corrected chi connectivity index (χ3v) is 5.02. The van der Waals surface area contributed by atoms with Crippen molar-refractivity contribution in [1.29, 1.82) is 0 Å². The minimum absolute atomic E-state index is 0.0505. The van der Waals surface area contributed by atoms with Gasteiger partial charge in [-0.1, -0.05) is 0 Å². The molecule has 1 aliphatic heterocycles. The number of ether oxygens (including phenoxy) is 2. The van der Waals surface area contributed by atoms with Gasteiger partial charge in [0.1, 0.15) is 0 Å². The molecule has 5 nitrogen and oxygen atoms in total. The molecule has 3 aromatic rings. The Morgan fingerprint density at radius 3 is 2.19 bits per heavy atom. The van der Waals surface area contributed by atoms with Gasteiger partial charge in [-0.05, 0) is 66.1 Å². The van der Waals surface area contributed by atoms with E-state index in [1.807, 2.05) is 70.4 Å². The van der Waals surface area contributed by atoms with Gasteiger partial charge in [0.25, 0.3) is 5.91 Å². The largest absolute Gasteiger partial charge is 0.493 e. The molecule has 1 amide bonds. The molecule has 5 heteroatoms. The predicted octanol–water partition coefficient (Wildman–Crippen LogP) is 3.69. The molecule has 0 radical (unpaired) electrons. The predicted molar refractivity (Wildman–Crippen MR) is 104 cm³/mol. The highest BCUT2D eigenvalue weighted by Crippen LogP contribution is 2.33. The fraction of sp³-hybridized carbons (Fsp3) is 0.227. The van der Waals surface area contributed by atoms with Crippen LogP contribution in [0.4, 0.5) is 0 Å². The van der Waals surface area contributed by atoms with Gasteiger partial charge in [0.2, 0.25) is 0 Å². The number of nitrogens with zero attached hydrogens (tertiary/aromatic N) is 2. The molecular formula is C22H22N2O3. The lowest BCUT2D eigenvalue weighted by molar-refractivity contribution is 0.0734. The van der Waals surface area contributed by atoms with Crippen molar-refractivity contribution in [3.8, 4) is 17.2 Å². The molecule has 0 fully saturated rings. The van der Waals surface area contributed by atoms with Crippen LogP contribution in [0.5, 0.6) is 11.5 Å². The second-order valence-electron chi connectivity index (χ2n) is 6.59. The molecule has 0 unspecified atom stereocenters. The average Bonchev–Trinajstić information content (AvgIpc) is 3.26. The zero-order valence-corrected chi connectivity index (χ0v) is 15.5. The van der Waals surface area contributed by atoms with Crippen LogP contribution in [0.3, 0.4) is 0 Å². The standard InChI is InChI=1S/C22H22N2O3/c1-26-20-13-17-9-12-24(15-18(17)14-21(20)27-2)22(25)16-5-7-19(8-6-16)23-10-3-4-11-23/h3-8,10-11,13-14H,9,12,15H2,1-2H3. The Bertz CT molecular complexity index is 946. The van der Waals surface area contributed by atoms with Crippen LogP contribution < -0.4 is 9.47 Å². The number of rotatable bonds is 4. The van der Waals surface area contributed by atoms with Crippen LogP contribution in [0.25, 0.3) is 5.69 Å². The first-order chi connectivity index (χ1) is 13.2. The van der Waals surface area contributed by atoms with Crippen LogP contribution in [0.15, 0.2) is 60.9 Å². The third-order valence-electron chi connectivity index (χ3n) is 5.02. The van der Waals surface area contributed by atoms with Crippen LogP contribution >= 0.6 is 0 Å². The minimum Gasteiger partial charge on any atom is -0.493 e. The Morgan fingerprint density at radius 1 is 0.926 bits per heavy atom. The van der Waals surface area contributed by atoms with E-state index >= 15 is 0 Å². The van der Waals surface area contributed by atoms with E-state index in [0.717, 1.165) is 23.4 Å². The van der Waals surface area contributed by atoms with Gasteiger partial charge in [-0.25, -0.2) is 0 Å². The minimum atomic E-state index is 0.0505. The lowest BCUT2D eigenvalue weighted by Crippen LogP contribution is -2.36. The highest BCUT2D eigenvalue weighted by atomic mass is 16.5.